The highest BCUT2D eigenvalue weighted by molar-refractivity contribution is 5.54. The van der Waals surface area contributed by atoms with E-state index in [1.54, 1.807) is 0 Å². The topological polar surface area (TPSA) is 36.4 Å². The van der Waals surface area contributed by atoms with Gasteiger partial charge in [0.15, 0.2) is 0 Å². The summed E-state index contributed by atoms with van der Waals surface area (Å²) in [6.07, 6.45) is 2.12. The Kier molecular flexibility index (Phi) is 5.13. The normalized spacial score (nSPS) is 12.2. The predicted molar refractivity (Wildman–Crippen MR) is 82.7 cm³/mol. The fraction of sp³-hybridized carbons (Fsp3) is 0.353. The molecule has 1 N–H and O–H groups in total. The lowest BCUT2D eigenvalue weighted by Crippen LogP contribution is -2.24. The minimum absolute atomic E-state index is 0.413. The highest BCUT2D eigenvalue weighted by atomic mass is 16.3. The summed E-state index contributed by atoms with van der Waals surface area (Å²) in [6.45, 7) is 5.75. The molecule has 106 valence electrons. The lowest BCUT2D eigenvalue weighted by atomic mass is 10.0. The maximum absolute atomic E-state index is 10.2. The third kappa shape index (κ3) is 3.36. The van der Waals surface area contributed by atoms with Gasteiger partial charge < -0.3 is 10.0 Å². The second-order valence-electron chi connectivity index (χ2n) is 4.82. The van der Waals surface area contributed by atoms with Crippen LogP contribution in [0.3, 0.4) is 0 Å². The number of hydrogen-bond acceptors (Lipinski definition) is 3. The van der Waals surface area contributed by atoms with Crippen LogP contribution in [-0.4, -0.2) is 16.6 Å². The summed E-state index contributed by atoms with van der Waals surface area (Å²) in [4.78, 5) is 6.63. The van der Waals surface area contributed by atoms with Crippen LogP contribution in [0.5, 0.6) is 0 Å². The first-order chi connectivity index (χ1) is 9.76. The second-order valence-corrected chi connectivity index (χ2v) is 4.82. The van der Waals surface area contributed by atoms with E-state index in [4.69, 9.17) is 0 Å². The van der Waals surface area contributed by atoms with Gasteiger partial charge in [-0.1, -0.05) is 31.2 Å². The lowest BCUT2D eigenvalue weighted by molar-refractivity contribution is 0.174. The van der Waals surface area contributed by atoms with Crippen LogP contribution in [0.4, 0.5) is 5.69 Å². The van der Waals surface area contributed by atoms with E-state index in [9.17, 15) is 5.11 Å². The molecule has 0 aliphatic carbocycles. The van der Waals surface area contributed by atoms with Crippen molar-refractivity contribution in [3.05, 3.63) is 59.9 Å². The molecule has 3 nitrogen and oxygen atoms in total. The number of hydrogen-bond donors (Lipinski definition) is 1. The summed E-state index contributed by atoms with van der Waals surface area (Å²) in [5.41, 5.74) is 3.12. The van der Waals surface area contributed by atoms with Crippen molar-refractivity contribution in [3.63, 3.8) is 0 Å². The van der Waals surface area contributed by atoms with Crippen molar-refractivity contribution in [2.45, 2.75) is 32.9 Å². The van der Waals surface area contributed by atoms with Crippen molar-refractivity contribution in [2.75, 3.05) is 11.4 Å². The number of rotatable bonds is 6. The van der Waals surface area contributed by atoms with E-state index >= 15 is 0 Å². The SMILES string of the molecule is CCC(O)c1ccccc1N(CC)Cc1ccccn1. The van der Waals surface area contributed by atoms with Gasteiger partial charge in [0.2, 0.25) is 0 Å². The molecule has 1 heterocycles. The molecule has 0 saturated heterocycles. The Labute approximate surface area is 120 Å². The van der Waals surface area contributed by atoms with Crippen LogP contribution >= 0.6 is 0 Å². The fourth-order valence-electron chi connectivity index (χ4n) is 2.33. The average molecular weight is 270 g/mol. The van der Waals surface area contributed by atoms with Gasteiger partial charge in [-0.05, 0) is 31.5 Å². The first-order valence-electron chi connectivity index (χ1n) is 7.18. The van der Waals surface area contributed by atoms with Crippen molar-refractivity contribution in [3.8, 4) is 0 Å². The molecule has 3 heteroatoms. The van der Waals surface area contributed by atoms with E-state index in [1.165, 1.54) is 0 Å². The summed E-state index contributed by atoms with van der Waals surface area (Å²) >= 11 is 0. The van der Waals surface area contributed by atoms with Crippen molar-refractivity contribution in [2.24, 2.45) is 0 Å². The molecule has 20 heavy (non-hydrogen) atoms. The Morgan fingerprint density at radius 3 is 2.50 bits per heavy atom. The molecule has 2 aromatic rings. The van der Waals surface area contributed by atoms with E-state index < -0.39 is 6.10 Å². The number of nitrogens with zero attached hydrogens (tertiary/aromatic N) is 2. The fourth-order valence-corrected chi connectivity index (χ4v) is 2.33. The zero-order valence-corrected chi connectivity index (χ0v) is 12.2. The van der Waals surface area contributed by atoms with Crippen molar-refractivity contribution < 1.29 is 5.11 Å². The number of aromatic nitrogens is 1. The molecule has 0 bridgehead atoms. The number of aliphatic hydroxyl groups is 1. The first-order valence-corrected chi connectivity index (χ1v) is 7.18. The van der Waals surface area contributed by atoms with E-state index in [-0.39, 0.29) is 0 Å². The number of aliphatic hydroxyl groups excluding tert-OH is 1. The van der Waals surface area contributed by atoms with Gasteiger partial charge in [-0.2, -0.15) is 0 Å². The van der Waals surface area contributed by atoms with Crippen LogP contribution in [-0.2, 0) is 6.54 Å². The zero-order chi connectivity index (χ0) is 14.4. The maximum atomic E-state index is 10.2. The number of benzene rings is 1. The highest BCUT2D eigenvalue weighted by Crippen LogP contribution is 2.28. The lowest BCUT2D eigenvalue weighted by Gasteiger charge is -2.27. The van der Waals surface area contributed by atoms with E-state index in [0.717, 1.165) is 36.5 Å². The van der Waals surface area contributed by atoms with E-state index in [1.807, 2.05) is 49.5 Å². The Bertz CT molecular complexity index is 528. The van der Waals surface area contributed by atoms with Crippen LogP contribution in [0.2, 0.25) is 0 Å². The van der Waals surface area contributed by atoms with Gasteiger partial charge in [0, 0.05) is 24.0 Å². The standard InChI is InChI=1S/C17H22N2O/c1-3-17(20)15-10-5-6-11-16(15)19(4-2)13-14-9-7-8-12-18-14/h5-12,17,20H,3-4,13H2,1-2H3. The number of para-hydroxylation sites is 1. The molecule has 0 fully saturated rings. The quantitative estimate of drug-likeness (QED) is 0.872. The maximum Gasteiger partial charge on any atom is 0.0807 e. The summed E-state index contributed by atoms with van der Waals surface area (Å²) in [6, 6.07) is 14.0. The highest BCUT2D eigenvalue weighted by Gasteiger charge is 2.15. The summed E-state index contributed by atoms with van der Waals surface area (Å²) in [5, 5.41) is 10.2. The van der Waals surface area contributed by atoms with Crippen LogP contribution in [0, 0.1) is 0 Å². The molecule has 2 rings (SSSR count). The van der Waals surface area contributed by atoms with Crippen molar-refractivity contribution in [1.82, 2.24) is 4.98 Å². The van der Waals surface area contributed by atoms with Gasteiger partial charge in [0.1, 0.15) is 0 Å². The molecule has 1 atom stereocenters. The zero-order valence-electron chi connectivity index (χ0n) is 12.2. The largest absolute Gasteiger partial charge is 0.388 e. The van der Waals surface area contributed by atoms with Crippen LogP contribution in [0.25, 0.3) is 0 Å². The molecule has 0 radical (unpaired) electrons. The van der Waals surface area contributed by atoms with Gasteiger partial charge >= 0.3 is 0 Å². The van der Waals surface area contributed by atoms with Crippen molar-refractivity contribution >= 4 is 5.69 Å². The van der Waals surface area contributed by atoms with E-state index in [2.05, 4.69) is 22.9 Å². The first kappa shape index (κ1) is 14.5. The Hall–Kier alpha value is -1.87. The van der Waals surface area contributed by atoms with Crippen molar-refractivity contribution in [1.29, 1.82) is 0 Å². The number of pyridine rings is 1. The Morgan fingerprint density at radius 2 is 1.85 bits per heavy atom. The van der Waals surface area contributed by atoms with Gasteiger partial charge in [-0.3, -0.25) is 4.98 Å². The Balaban J connectivity index is 2.28. The van der Waals surface area contributed by atoms with Crippen LogP contribution < -0.4 is 4.90 Å². The minimum Gasteiger partial charge on any atom is -0.388 e. The molecule has 1 aromatic heterocycles. The van der Waals surface area contributed by atoms with E-state index in [0.29, 0.717) is 0 Å². The molecule has 1 unspecified atom stereocenters. The molecular weight excluding hydrogens is 248 g/mol. The minimum atomic E-state index is -0.413. The second kappa shape index (κ2) is 7.06. The predicted octanol–water partition coefficient (Wildman–Crippen LogP) is 3.55. The molecule has 0 aliphatic heterocycles. The summed E-state index contributed by atoms with van der Waals surface area (Å²) in [7, 11) is 0. The molecule has 0 spiro atoms. The van der Waals surface area contributed by atoms with Gasteiger partial charge in [0.05, 0.1) is 18.3 Å². The van der Waals surface area contributed by atoms with Gasteiger partial charge in [0.25, 0.3) is 0 Å². The van der Waals surface area contributed by atoms with Crippen LogP contribution in [0.1, 0.15) is 37.6 Å². The third-order valence-corrected chi connectivity index (χ3v) is 3.48. The smallest absolute Gasteiger partial charge is 0.0807 e. The van der Waals surface area contributed by atoms with Crippen LogP contribution in [0.15, 0.2) is 48.7 Å². The average Bonchev–Trinajstić information content (AvgIpc) is 2.53. The molecular formula is C17H22N2O. The summed E-state index contributed by atoms with van der Waals surface area (Å²) in [5.74, 6) is 0. The third-order valence-electron chi connectivity index (χ3n) is 3.48. The molecule has 0 amide bonds. The number of anilines is 1. The van der Waals surface area contributed by atoms with Gasteiger partial charge in [-0.15, -0.1) is 0 Å². The van der Waals surface area contributed by atoms with Gasteiger partial charge in [-0.25, -0.2) is 0 Å². The Morgan fingerprint density at radius 1 is 1.10 bits per heavy atom. The monoisotopic (exact) mass is 270 g/mol. The molecule has 0 saturated carbocycles. The summed E-state index contributed by atoms with van der Waals surface area (Å²) < 4.78 is 0. The molecule has 1 aromatic carbocycles. The molecule has 0 aliphatic rings.